The lowest BCUT2D eigenvalue weighted by Crippen LogP contribution is -2.32. The highest BCUT2D eigenvalue weighted by Crippen LogP contribution is 2.23. The molecule has 2 atom stereocenters. The molecule has 1 amide bonds. The summed E-state index contributed by atoms with van der Waals surface area (Å²) in [5.41, 5.74) is 0.623. The van der Waals surface area contributed by atoms with Crippen molar-refractivity contribution >= 4 is 5.91 Å². The second-order valence-electron chi connectivity index (χ2n) is 6.63. The van der Waals surface area contributed by atoms with Crippen LogP contribution in [0.4, 0.5) is 0 Å². The van der Waals surface area contributed by atoms with E-state index in [1.807, 2.05) is 12.1 Å². The minimum absolute atomic E-state index is 0.0740. The molecule has 0 bridgehead atoms. The molecule has 22 heavy (non-hydrogen) atoms. The van der Waals surface area contributed by atoms with E-state index in [1.165, 1.54) is 0 Å². The van der Waals surface area contributed by atoms with Crippen LogP contribution in [0.5, 0.6) is 5.75 Å². The smallest absolute Gasteiger partial charge is 0.251 e. The van der Waals surface area contributed by atoms with E-state index < -0.39 is 0 Å². The zero-order chi connectivity index (χ0) is 15.9. The van der Waals surface area contributed by atoms with Gasteiger partial charge in [0, 0.05) is 12.1 Å². The molecule has 4 nitrogen and oxygen atoms in total. The number of aliphatic hydroxyl groups excluding tert-OH is 1. The summed E-state index contributed by atoms with van der Waals surface area (Å²) >= 11 is 0. The molecule has 122 valence electrons. The largest absolute Gasteiger partial charge is 0.493 e. The second-order valence-corrected chi connectivity index (χ2v) is 6.63. The molecule has 0 aromatic heterocycles. The molecule has 1 aliphatic carbocycles. The number of rotatable bonds is 6. The molecular weight excluding hydrogens is 278 g/mol. The van der Waals surface area contributed by atoms with Crippen molar-refractivity contribution in [3.8, 4) is 5.75 Å². The lowest BCUT2D eigenvalue weighted by atomic mass is 9.87. The summed E-state index contributed by atoms with van der Waals surface area (Å²) < 4.78 is 5.65. The topological polar surface area (TPSA) is 58.6 Å². The molecule has 2 rings (SSSR count). The van der Waals surface area contributed by atoms with Gasteiger partial charge in [-0.1, -0.05) is 26.3 Å². The lowest BCUT2D eigenvalue weighted by molar-refractivity contribution is 0.0873. The molecule has 0 spiro atoms. The van der Waals surface area contributed by atoms with Gasteiger partial charge in [-0.05, 0) is 49.3 Å². The summed E-state index contributed by atoms with van der Waals surface area (Å²) in [6.07, 6.45) is 3.59. The summed E-state index contributed by atoms with van der Waals surface area (Å²) in [7, 11) is 0. The van der Waals surface area contributed by atoms with Gasteiger partial charge in [0.1, 0.15) is 5.75 Å². The highest BCUT2D eigenvalue weighted by molar-refractivity contribution is 5.94. The fraction of sp³-hybridized carbons (Fsp3) is 0.611. The van der Waals surface area contributed by atoms with Crippen LogP contribution in [0.1, 0.15) is 49.9 Å². The van der Waals surface area contributed by atoms with E-state index in [1.54, 1.807) is 12.1 Å². The van der Waals surface area contributed by atoms with Crippen LogP contribution < -0.4 is 10.1 Å². The van der Waals surface area contributed by atoms with E-state index >= 15 is 0 Å². The molecule has 2 N–H and O–H groups in total. The summed E-state index contributed by atoms with van der Waals surface area (Å²) in [6.45, 7) is 5.46. The summed E-state index contributed by atoms with van der Waals surface area (Å²) in [6, 6.07) is 7.30. The third kappa shape index (κ3) is 5.34. The number of carbonyl (C=O) groups is 1. The van der Waals surface area contributed by atoms with Crippen LogP contribution in [0.25, 0.3) is 0 Å². The third-order valence-electron chi connectivity index (χ3n) is 3.99. The van der Waals surface area contributed by atoms with Crippen molar-refractivity contribution < 1.29 is 14.6 Å². The molecule has 1 fully saturated rings. The number of benzene rings is 1. The fourth-order valence-corrected chi connectivity index (χ4v) is 2.78. The monoisotopic (exact) mass is 305 g/mol. The number of ether oxygens (including phenoxy) is 1. The summed E-state index contributed by atoms with van der Waals surface area (Å²) in [5.74, 6) is 1.49. The molecule has 0 radical (unpaired) electrons. The first-order valence-electron chi connectivity index (χ1n) is 8.23. The average Bonchev–Trinajstić information content (AvgIpc) is 2.51. The van der Waals surface area contributed by atoms with Crippen molar-refractivity contribution in [1.29, 1.82) is 0 Å². The van der Waals surface area contributed by atoms with Gasteiger partial charge in [0.2, 0.25) is 0 Å². The fourth-order valence-electron chi connectivity index (χ4n) is 2.78. The van der Waals surface area contributed by atoms with E-state index in [0.29, 0.717) is 30.6 Å². The highest BCUT2D eigenvalue weighted by Gasteiger charge is 2.20. The Labute approximate surface area is 132 Å². The number of carbonyl (C=O) groups excluding carboxylic acids is 1. The highest BCUT2D eigenvalue weighted by atomic mass is 16.5. The van der Waals surface area contributed by atoms with Crippen molar-refractivity contribution in [2.24, 2.45) is 11.8 Å². The average molecular weight is 305 g/mol. The third-order valence-corrected chi connectivity index (χ3v) is 3.99. The summed E-state index contributed by atoms with van der Waals surface area (Å²) in [4.78, 5) is 12.2. The van der Waals surface area contributed by atoms with Gasteiger partial charge >= 0.3 is 0 Å². The maximum absolute atomic E-state index is 12.2. The maximum Gasteiger partial charge on any atom is 0.251 e. The van der Waals surface area contributed by atoms with Gasteiger partial charge in [-0.2, -0.15) is 0 Å². The molecule has 1 aliphatic rings. The Kier molecular flexibility index (Phi) is 6.25. The van der Waals surface area contributed by atoms with Crippen molar-refractivity contribution in [2.75, 3.05) is 13.2 Å². The quantitative estimate of drug-likeness (QED) is 0.849. The van der Waals surface area contributed by atoms with E-state index in [0.717, 1.165) is 31.4 Å². The Hall–Kier alpha value is -1.55. The predicted molar refractivity (Wildman–Crippen MR) is 87.1 cm³/mol. The normalized spacial score (nSPS) is 21.6. The maximum atomic E-state index is 12.2. The molecule has 0 heterocycles. The van der Waals surface area contributed by atoms with E-state index in [9.17, 15) is 9.90 Å². The van der Waals surface area contributed by atoms with Crippen molar-refractivity contribution in [3.63, 3.8) is 0 Å². The Morgan fingerprint density at radius 2 is 2.23 bits per heavy atom. The van der Waals surface area contributed by atoms with Crippen LogP contribution in [-0.4, -0.2) is 30.3 Å². The zero-order valence-electron chi connectivity index (χ0n) is 13.5. The first kappa shape index (κ1) is 16.8. The second kappa shape index (κ2) is 8.18. The standard InChI is InChI=1S/C18H27NO3/c1-13(2)12-22-17-8-4-6-15(10-17)18(21)19-11-14-5-3-7-16(20)9-14/h4,6,8,10,13-14,16,20H,3,5,7,9,11-12H2,1-2H3,(H,19,21). The Morgan fingerprint density at radius 3 is 2.95 bits per heavy atom. The minimum Gasteiger partial charge on any atom is -0.493 e. The van der Waals surface area contributed by atoms with E-state index in [-0.39, 0.29) is 12.0 Å². The number of hydrogen-bond acceptors (Lipinski definition) is 3. The summed E-state index contributed by atoms with van der Waals surface area (Å²) in [5, 5.41) is 12.6. The predicted octanol–water partition coefficient (Wildman–Crippen LogP) is 3.00. The first-order valence-corrected chi connectivity index (χ1v) is 8.23. The molecule has 0 saturated heterocycles. The van der Waals surface area contributed by atoms with Crippen LogP contribution in [0.3, 0.4) is 0 Å². The van der Waals surface area contributed by atoms with Gasteiger partial charge in [-0.15, -0.1) is 0 Å². The van der Waals surface area contributed by atoms with E-state index in [4.69, 9.17) is 4.74 Å². The van der Waals surface area contributed by atoms with Crippen molar-refractivity contribution in [3.05, 3.63) is 29.8 Å². The SMILES string of the molecule is CC(C)COc1cccc(C(=O)NCC2CCCC(O)C2)c1. The van der Waals surface area contributed by atoms with Crippen LogP contribution in [-0.2, 0) is 0 Å². The number of aliphatic hydroxyl groups is 1. The molecule has 1 saturated carbocycles. The zero-order valence-corrected chi connectivity index (χ0v) is 13.5. The Balaban J connectivity index is 1.85. The van der Waals surface area contributed by atoms with Gasteiger partial charge in [0.15, 0.2) is 0 Å². The Morgan fingerprint density at radius 1 is 1.41 bits per heavy atom. The van der Waals surface area contributed by atoms with Gasteiger partial charge in [-0.3, -0.25) is 4.79 Å². The number of nitrogens with one attached hydrogen (secondary N) is 1. The molecule has 1 aromatic rings. The van der Waals surface area contributed by atoms with Crippen molar-refractivity contribution in [2.45, 2.75) is 45.6 Å². The number of hydrogen-bond donors (Lipinski definition) is 2. The van der Waals surface area contributed by atoms with Gasteiger partial charge in [0.05, 0.1) is 12.7 Å². The van der Waals surface area contributed by atoms with Crippen LogP contribution in [0.15, 0.2) is 24.3 Å². The lowest BCUT2D eigenvalue weighted by Gasteiger charge is -2.25. The van der Waals surface area contributed by atoms with Gasteiger partial charge in [-0.25, -0.2) is 0 Å². The van der Waals surface area contributed by atoms with Gasteiger partial charge < -0.3 is 15.2 Å². The van der Waals surface area contributed by atoms with Crippen molar-refractivity contribution in [1.82, 2.24) is 5.32 Å². The van der Waals surface area contributed by atoms with Crippen LogP contribution >= 0.6 is 0 Å². The first-order chi connectivity index (χ1) is 10.5. The van der Waals surface area contributed by atoms with Crippen LogP contribution in [0, 0.1) is 11.8 Å². The number of amides is 1. The van der Waals surface area contributed by atoms with E-state index in [2.05, 4.69) is 19.2 Å². The Bertz CT molecular complexity index is 487. The minimum atomic E-state index is -0.205. The molecule has 4 heteroatoms. The van der Waals surface area contributed by atoms with Crippen LogP contribution in [0.2, 0.25) is 0 Å². The van der Waals surface area contributed by atoms with Gasteiger partial charge in [0.25, 0.3) is 5.91 Å². The molecule has 0 aliphatic heterocycles. The molecular formula is C18H27NO3. The molecule has 2 unspecified atom stereocenters. The molecule has 1 aromatic carbocycles.